The highest BCUT2D eigenvalue weighted by Crippen LogP contribution is 2.25. The average molecular weight is 375 g/mol. The van der Waals surface area contributed by atoms with Crippen LogP contribution < -0.4 is 4.74 Å². The fourth-order valence-corrected chi connectivity index (χ4v) is 3.72. The maximum atomic E-state index is 12.5. The molecule has 0 atom stereocenters. The summed E-state index contributed by atoms with van der Waals surface area (Å²) < 4.78 is 6.12. The molecule has 5 nitrogen and oxygen atoms in total. The fourth-order valence-electron chi connectivity index (χ4n) is 3.72. The number of carbonyl (C=O) groups excluding carboxylic acids is 1. The molecule has 0 bridgehead atoms. The third kappa shape index (κ3) is 4.47. The number of piperidine rings is 1. The Bertz CT molecular complexity index is 916. The molecule has 2 heterocycles. The van der Waals surface area contributed by atoms with Gasteiger partial charge in [-0.15, -0.1) is 5.10 Å². The summed E-state index contributed by atoms with van der Waals surface area (Å²) in [5.74, 6) is 0.838. The Kier molecular flexibility index (Phi) is 5.80. The van der Waals surface area contributed by atoms with E-state index in [4.69, 9.17) is 4.74 Å². The molecule has 0 unspecified atom stereocenters. The number of aryl methyl sites for hydroxylation is 1. The van der Waals surface area contributed by atoms with Crippen LogP contribution in [0.25, 0.3) is 10.8 Å². The van der Waals surface area contributed by atoms with Gasteiger partial charge in [-0.3, -0.25) is 4.79 Å². The molecule has 0 aliphatic carbocycles. The molecule has 2 aromatic carbocycles. The van der Waals surface area contributed by atoms with Crippen LogP contribution in [0.15, 0.2) is 60.8 Å². The normalized spacial score (nSPS) is 14.9. The summed E-state index contributed by atoms with van der Waals surface area (Å²) in [6.45, 7) is 1.49. The van der Waals surface area contributed by atoms with Gasteiger partial charge in [-0.1, -0.05) is 48.5 Å². The summed E-state index contributed by atoms with van der Waals surface area (Å²) in [5.41, 5.74) is 1.29. The van der Waals surface area contributed by atoms with Crippen LogP contribution in [0.3, 0.4) is 0 Å². The van der Waals surface area contributed by atoms with Gasteiger partial charge in [-0.05, 0) is 24.5 Å². The van der Waals surface area contributed by atoms with E-state index in [0.717, 1.165) is 49.5 Å². The zero-order valence-corrected chi connectivity index (χ0v) is 16.0. The fraction of sp³-hybridized carbons (Fsp3) is 0.348. The lowest BCUT2D eigenvalue weighted by molar-refractivity contribution is -0.133. The van der Waals surface area contributed by atoms with Crippen molar-refractivity contribution in [3.8, 4) is 5.88 Å². The SMILES string of the molecule is O=C(CCCc1ccccc1)N1CCC(Oc2nncc3ccccc23)CC1. The van der Waals surface area contributed by atoms with E-state index < -0.39 is 0 Å². The molecule has 1 amide bonds. The van der Waals surface area contributed by atoms with Crippen molar-refractivity contribution in [2.24, 2.45) is 0 Å². The molecular weight excluding hydrogens is 350 g/mol. The number of hydrogen-bond acceptors (Lipinski definition) is 4. The van der Waals surface area contributed by atoms with E-state index in [1.165, 1.54) is 5.56 Å². The van der Waals surface area contributed by atoms with Crippen LogP contribution in [0.2, 0.25) is 0 Å². The third-order valence-corrected chi connectivity index (χ3v) is 5.31. The van der Waals surface area contributed by atoms with Gasteiger partial charge in [-0.25, -0.2) is 0 Å². The predicted molar refractivity (Wildman–Crippen MR) is 109 cm³/mol. The lowest BCUT2D eigenvalue weighted by atomic mass is 10.1. The van der Waals surface area contributed by atoms with Gasteiger partial charge >= 0.3 is 0 Å². The quantitative estimate of drug-likeness (QED) is 0.653. The Morgan fingerprint density at radius 3 is 2.61 bits per heavy atom. The topological polar surface area (TPSA) is 55.3 Å². The molecule has 0 radical (unpaired) electrons. The lowest BCUT2D eigenvalue weighted by Gasteiger charge is -2.32. The molecule has 1 aliphatic rings. The molecule has 4 rings (SSSR count). The molecular formula is C23H25N3O2. The summed E-state index contributed by atoms with van der Waals surface area (Å²) in [5, 5.41) is 10.2. The minimum Gasteiger partial charge on any atom is -0.473 e. The Hall–Kier alpha value is -2.95. The second-order valence-corrected chi connectivity index (χ2v) is 7.27. The van der Waals surface area contributed by atoms with E-state index in [9.17, 15) is 4.79 Å². The number of rotatable bonds is 6. The number of hydrogen-bond donors (Lipinski definition) is 0. The number of amides is 1. The number of aromatic nitrogens is 2. The van der Waals surface area contributed by atoms with Crippen LogP contribution in [0.1, 0.15) is 31.2 Å². The van der Waals surface area contributed by atoms with Gasteiger partial charge in [0.05, 0.1) is 6.20 Å². The molecule has 0 spiro atoms. The van der Waals surface area contributed by atoms with Gasteiger partial charge in [0.25, 0.3) is 0 Å². The summed E-state index contributed by atoms with van der Waals surface area (Å²) in [7, 11) is 0. The highest BCUT2D eigenvalue weighted by molar-refractivity contribution is 5.85. The molecule has 1 aliphatic heterocycles. The first-order valence-electron chi connectivity index (χ1n) is 9.98. The van der Waals surface area contributed by atoms with Crippen molar-refractivity contribution in [1.82, 2.24) is 15.1 Å². The van der Waals surface area contributed by atoms with Gasteiger partial charge in [-0.2, -0.15) is 5.10 Å². The number of likely N-dealkylation sites (tertiary alicyclic amines) is 1. The zero-order chi connectivity index (χ0) is 19.2. The molecule has 5 heteroatoms. The van der Waals surface area contributed by atoms with Crippen molar-refractivity contribution in [2.45, 2.75) is 38.2 Å². The Balaban J connectivity index is 1.25. The molecule has 1 aromatic heterocycles. The maximum absolute atomic E-state index is 12.5. The highest BCUT2D eigenvalue weighted by atomic mass is 16.5. The summed E-state index contributed by atoms with van der Waals surface area (Å²) >= 11 is 0. The van der Waals surface area contributed by atoms with Crippen LogP contribution in [0.4, 0.5) is 0 Å². The summed E-state index contributed by atoms with van der Waals surface area (Å²) in [4.78, 5) is 14.5. The van der Waals surface area contributed by atoms with Crippen molar-refractivity contribution in [3.05, 3.63) is 66.4 Å². The second kappa shape index (κ2) is 8.83. The van der Waals surface area contributed by atoms with Crippen molar-refractivity contribution in [2.75, 3.05) is 13.1 Å². The zero-order valence-electron chi connectivity index (χ0n) is 16.0. The predicted octanol–water partition coefficient (Wildman–Crippen LogP) is 4.02. The molecule has 0 saturated carbocycles. The average Bonchev–Trinajstić information content (AvgIpc) is 2.75. The van der Waals surface area contributed by atoms with Crippen LogP contribution in [-0.2, 0) is 11.2 Å². The molecule has 144 valence electrons. The molecule has 3 aromatic rings. The van der Waals surface area contributed by atoms with Gasteiger partial charge in [0.2, 0.25) is 11.8 Å². The van der Waals surface area contributed by atoms with Gasteiger partial charge in [0.1, 0.15) is 6.10 Å². The molecule has 1 fully saturated rings. The van der Waals surface area contributed by atoms with Crippen molar-refractivity contribution < 1.29 is 9.53 Å². The number of fused-ring (bicyclic) bond motifs is 1. The largest absolute Gasteiger partial charge is 0.473 e. The van der Waals surface area contributed by atoms with E-state index in [1.807, 2.05) is 47.4 Å². The first kappa shape index (κ1) is 18.4. The molecule has 1 saturated heterocycles. The summed E-state index contributed by atoms with van der Waals surface area (Å²) in [6.07, 6.45) is 5.93. The first-order valence-corrected chi connectivity index (χ1v) is 9.98. The van der Waals surface area contributed by atoms with Crippen LogP contribution >= 0.6 is 0 Å². The number of ether oxygens (including phenoxy) is 1. The lowest BCUT2D eigenvalue weighted by Crippen LogP contribution is -2.41. The van der Waals surface area contributed by atoms with E-state index in [2.05, 4.69) is 22.3 Å². The van der Waals surface area contributed by atoms with E-state index in [0.29, 0.717) is 12.3 Å². The number of carbonyl (C=O) groups is 1. The van der Waals surface area contributed by atoms with Crippen molar-refractivity contribution >= 4 is 16.7 Å². The smallest absolute Gasteiger partial charge is 0.241 e. The number of benzene rings is 2. The van der Waals surface area contributed by atoms with E-state index >= 15 is 0 Å². The van der Waals surface area contributed by atoms with Gasteiger partial charge in [0, 0.05) is 43.1 Å². The van der Waals surface area contributed by atoms with Crippen molar-refractivity contribution in [3.63, 3.8) is 0 Å². The first-order chi connectivity index (χ1) is 13.8. The van der Waals surface area contributed by atoms with Crippen LogP contribution in [0, 0.1) is 0 Å². The molecule has 0 N–H and O–H groups in total. The van der Waals surface area contributed by atoms with Crippen LogP contribution in [0.5, 0.6) is 5.88 Å². The van der Waals surface area contributed by atoms with Gasteiger partial charge in [0.15, 0.2) is 0 Å². The molecule has 28 heavy (non-hydrogen) atoms. The summed E-state index contributed by atoms with van der Waals surface area (Å²) in [6, 6.07) is 18.3. The highest BCUT2D eigenvalue weighted by Gasteiger charge is 2.24. The third-order valence-electron chi connectivity index (χ3n) is 5.31. The standard InChI is InChI=1S/C23H25N3O2/c27-22(12-6-9-18-7-2-1-3-8-18)26-15-13-20(14-16-26)28-23-21-11-5-4-10-19(21)17-24-25-23/h1-5,7-8,10-11,17,20H,6,9,12-16H2. The van der Waals surface area contributed by atoms with Crippen molar-refractivity contribution in [1.29, 1.82) is 0 Å². The van der Waals surface area contributed by atoms with E-state index in [1.54, 1.807) is 6.20 Å². The monoisotopic (exact) mass is 375 g/mol. The Morgan fingerprint density at radius 1 is 1.04 bits per heavy atom. The number of nitrogens with zero attached hydrogens (tertiary/aromatic N) is 3. The van der Waals surface area contributed by atoms with E-state index in [-0.39, 0.29) is 12.0 Å². The minimum atomic E-state index is 0.0773. The Labute approximate surface area is 165 Å². The Morgan fingerprint density at radius 2 is 1.79 bits per heavy atom. The minimum absolute atomic E-state index is 0.0773. The van der Waals surface area contributed by atoms with Crippen LogP contribution in [-0.4, -0.2) is 40.2 Å². The van der Waals surface area contributed by atoms with Gasteiger partial charge < -0.3 is 9.64 Å². The second-order valence-electron chi connectivity index (χ2n) is 7.27. The maximum Gasteiger partial charge on any atom is 0.241 e.